The number of methoxy groups -OCH3 is 2. The monoisotopic (exact) mass is 446 g/mol. The van der Waals surface area contributed by atoms with Crippen LogP contribution in [0.2, 0.25) is 0 Å². The number of piperidine rings is 1. The molecule has 10 nitrogen and oxygen atoms in total. The van der Waals surface area contributed by atoms with Gasteiger partial charge in [0.2, 0.25) is 5.91 Å². The molecule has 3 fully saturated rings. The third-order valence-electron chi connectivity index (χ3n) is 6.90. The van der Waals surface area contributed by atoms with E-state index < -0.39 is 18.4 Å². The van der Waals surface area contributed by atoms with Crippen molar-refractivity contribution in [2.75, 3.05) is 33.9 Å². The quantitative estimate of drug-likeness (QED) is 0.691. The Morgan fingerprint density at radius 3 is 2.62 bits per heavy atom. The van der Waals surface area contributed by atoms with Crippen molar-refractivity contribution < 1.29 is 28.8 Å². The van der Waals surface area contributed by atoms with Gasteiger partial charge in [0, 0.05) is 38.2 Å². The molecule has 0 spiro atoms. The molecule has 2 aromatic rings. The average molecular weight is 447 g/mol. The lowest BCUT2D eigenvalue weighted by molar-refractivity contribution is -0.166. The second kappa shape index (κ2) is 8.51. The number of aromatic nitrogens is 2. The third kappa shape index (κ3) is 3.61. The van der Waals surface area contributed by atoms with Gasteiger partial charge < -0.3 is 38.8 Å². The first kappa shape index (κ1) is 21.4. The van der Waals surface area contributed by atoms with E-state index in [4.69, 9.17) is 18.9 Å². The molecular weight excluding hydrogens is 416 g/mol. The van der Waals surface area contributed by atoms with Gasteiger partial charge in [0.05, 0.1) is 50.3 Å². The number of aliphatic hydroxyl groups is 1. The van der Waals surface area contributed by atoms with E-state index in [-0.39, 0.29) is 24.1 Å². The first-order chi connectivity index (χ1) is 15.5. The van der Waals surface area contributed by atoms with E-state index in [1.54, 1.807) is 27.5 Å². The highest BCUT2D eigenvalue weighted by atomic mass is 16.7. The number of fused-ring (bicyclic) bond motifs is 3. The number of imidazole rings is 1. The highest BCUT2D eigenvalue weighted by Crippen LogP contribution is 2.39. The maximum atomic E-state index is 11.6. The van der Waals surface area contributed by atoms with Crippen LogP contribution in [0, 0.1) is 0 Å². The van der Waals surface area contributed by atoms with Gasteiger partial charge in [-0.2, -0.15) is 0 Å². The van der Waals surface area contributed by atoms with Gasteiger partial charge in [0.15, 0.2) is 17.8 Å². The molecule has 1 amide bonds. The van der Waals surface area contributed by atoms with Gasteiger partial charge in [0.1, 0.15) is 12.1 Å². The minimum Gasteiger partial charge on any atom is -0.493 e. The summed E-state index contributed by atoms with van der Waals surface area (Å²) in [5.74, 6) is 1.29. The second-order valence-electron chi connectivity index (χ2n) is 8.68. The Bertz CT molecular complexity index is 988. The number of hydrogen-bond acceptors (Lipinski definition) is 8. The van der Waals surface area contributed by atoms with E-state index >= 15 is 0 Å². The average Bonchev–Trinajstić information content (AvgIpc) is 3.41. The molecule has 3 aliphatic heterocycles. The van der Waals surface area contributed by atoms with Crippen molar-refractivity contribution in [3.63, 3.8) is 0 Å². The van der Waals surface area contributed by atoms with Crippen LogP contribution in [0.15, 0.2) is 18.5 Å². The zero-order chi connectivity index (χ0) is 22.4. The summed E-state index contributed by atoms with van der Waals surface area (Å²) in [4.78, 5) is 18.0. The fraction of sp³-hybridized carbons (Fsp3) is 0.636. The predicted octanol–water partition coefficient (Wildman–Crippen LogP) is 0.680. The van der Waals surface area contributed by atoms with E-state index in [1.807, 2.05) is 21.6 Å². The van der Waals surface area contributed by atoms with Crippen molar-refractivity contribution in [3.05, 3.63) is 18.5 Å². The molecule has 1 aromatic carbocycles. The molecule has 1 aromatic heterocycles. The van der Waals surface area contributed by atoms with Gasteiger partial charge in [-0.1, -0.05) is 0 Å². The molecule has 3 aliphatic rings. The molecule has 0 radical (unpaired) electrons. The maximum Gasteiger partial charge on any atom is 0.219 e. The Kier molecular flexibility index (Phi) is 5.70. The van der Waals surface area contributed by atoms with E-state index in [0.29, 0.717) is 18.1 Å². The van der Waals surface area contributed by atoms with Crippen LogP contribution in [-0.2, 0) is 14.3 Å². The number of carbonyl (C=O) groups is 1. The zero-order valence-corrected chi connectivity index (χ0v) is 18.6. The number of carbonyl (C=O) groups excluding carboxylic acids is 1. The summed E-state index contributed by atoms with van der Waals surface area (Å²) in [7, 11) is 3.17. The van der Waals surface area contributed by atoms with E-state index in [9.17, 15) is 9.90 Å². The number of rotatable bonds is 5. The fourth-order valence-electron chi connectivity index (χ4n) is 5.13. The molecule has 32 heavy (non-hydrogen) atoms. The Morgan fingerprint density at radius 2 is 1.94 bits per heavy atom. The first-order valence-corrected chi connectivity index (χ1v) is 11.1. The number of nitrogens with one attached hydrogen (secondary N) is 1. The molecule has 3 saturated heterocycles. The standard InChI is InChI=1S/C22H30N4O6/c1-12(27)25-6-4-13(5-7-25)24-19-18-10-31-22(32-18)20(21(19)28)26-11-23-14-8-16(29-2)17(30-3)9-15(14)26/h8-9,11,13,18-22,24,28H,4-7,10H2,1-3H3. The SMILES string of the molecule is COc1cc2ncn(C3C4OCC(O4)C(NC4CCN(C(C)=O)CC4)C3O)c2cc1OC. The molecule has 2 N–H and O–H groups in total. The minimum absolute atomic E-state index is 0.107. The molecule has 0 aliphatic carbocycles. The summed E-state index contributed by atoms with van der Waals surface area (Å²) in [6, 6.07) is 3.12. The lowest BCUT2D eigenvalue weighted by atomic mass is 9.93. The van der Waals surface area contributed by atoms with Crippen LogP contribution in [0.25, 0.3) is 11.0 Å². The van der Waals surface area contributed by atoms with Crippen LogP contribution in [0.3, 0.4) is 0 Å². The van der Waals surface area contributed by atoms with Gasteiger partial charge >= 0.3 is 0 Å². The van der Waals surface area contributed by atoms with Gasteiger partial charge in [-0.05, 0) is 12.8 Å². The van der Waals surface area contributed by atoms with Crippen LogP contribution in [0.1, 0.15) is 25.8 Å². The minimum atomic E-state index is -0.738. The largest absolute Gasteiger partial charge is 0.493 e. The van der Waals surface area contributed by atoms with Gasteiger partial charge in [-0.3, -0.25) is 4.79 Å². The summed E-state index contributed by atoms with van der Waals surface area (Å²) in [5.41, 5.74) is 1.54. The summed E-state index contributed by atoms with van der Waals surface area (Å²) in [5, 5.41) is 15.1. The molecule has 2 bridgehead atoms. The van der Waals surface area contributed by atoms with Crippen LogP contribution < -0.4 is 14.8 Å². The number of aliphatic hydroxyl groups excluding tert-OH is 1. The summed E-state index contributed by atoms with van der Waals surface area (Å²) < 4.78 is 24.8. The van der Waals surface area contributed by atoms with Crippen LogP contribution in [0.4, 0.5) is 0 Å². The van der Waals surface area contributed by atoms with E-state index in [2.05, 4.69) is 10.3 Å². The number of hydrogen-bond donors (Lipinski definition) is 2. The lowest BCUT2D eigenvalue weighted by Gasteiger charge is -2.42. The molecular formula is C22H30N4O6. The van der Waals surface area contributed by atoms with Crippen molar-refractivity contribution in [2.24, 2.45) is 0 Å². The molecule has 5 atom stereocenters. The number of nitrogens with zero attached hydrogens (tertiary/aromatic N) is 3. The van der Waals surface area contributed by atoms with Crippen molar-refractivity contribution >= 4 is 16.9 Å². The maximum absolute atomic E-state index is 11.6. The molecule has 0 saturated carbocycles. The van der Waals surface area contributed by atoms with Gasteiger partial charge in [0.25, 0.3) is 0 Å². The van der Waals surface area contributed by atoms with Crippen molar-refractivity contribution in [2.45, 2.75) is 56.4 Å². The van der Waals surface area contributed by atoms with Crippen LogP contribution in [-0.4, -0.2) is 90.0 Å². The van der Waals surface area contributed by atoms with Crippen LogP contribution in [0.5, 0.6) is 11.5 Å². The Morgan fingerprint density at radius 1 is 1.22 bits per heavy atom. The predicted molar refractivity (Wildman–Crippen MR) is 115 cm³/mol. The van der Waals surface area contributed by atoms with Gasteiger partial charge in [-0.25, -0.2) is 4.98 Å². The van der Waals surface area contributed by atoms with Crippen molar-refractivity contribution in [1.29, 1.82) is 0 Å². The number of likely N-dealkylation sites (tertiary alicyclic amines) is 1. The molecule has 5 unspecified atom stereocenters. The topological polar surface area (TPSA) is 107 Å². The van der Waals surface area contributed by atoms with E-state index in [0.717, 1.165) is 37.0 Å². The van der Waals surface area contributed by atoms with Gasteiger partial charge in [-0.15, -0.1) is 0 Å². The van der Waals surface area contributed by atoms with Crippen molar-refractivity contribution in [1.82, 2.24) is 19.8 Å². The highest BCUT2D eigenvalue weighted by Gasteiger charge is 2.51. The Hall–Kier alpha value is -2.40. The summed E-state index contributed by atoms with van der Waals surface area (Å²) >= 11 is 0. The normalized spacial score (nSPS) is 30.6. The lowest BCUT2D eigenvalue weighted by Crippen LogP contribution is -2.60. The number of ether oxygens (including phenoxy) is 4. The number of benzene rings is 1. The first-order valence-electron chi connectivity index (χ1n) is 11.1. The summed E-state index contributed by atoms with van der Waals surface area (Å²) in [6.45, 7) is 3.47. The molecule has 10 heteroatoms. The third-order valence-corrected chi connectivity index (χ3v) is 6.90. The molecule has 174 valence electrons. The fourth-order valence-corrected chi connectivity index (χ4v) is 5.13. The Labute approximate surface area is 186 Å². The zero-order valence-electron chi connectivity index (χ0n) is 18.6. The van der Waals surface area contributed by atoms with Crippen molar-refractivity contribution in [3.8, 4) is 11.5 Å². The van der Waals surface area contributed by atoms with Crippen LogP contribution >= 0.6 is 0 Å². The molecule has 5 rings (SSSR count). The molecule has 4 heterocycles. The van der Waals surface area contributed by atoms with E-state index in [1.165, 1.54) is 0 Å². The smallest absolute Gasteiger partial charge is 0.219 e. The number of amides is 1. The highest BCUT2D eigenvalue weighted by molar-refractivity contribution is 5.80. The Balaban J connectivity index is 1.40. The summed E-state index contributed by atoms with van der Waals surface area (Å²) in [6.07, 6.45) is 1.87. The second-order valence-corrected chi connectivity index (χ2v) is 8.68.